The molecule has 2 amide bonds. The first-order valence-electron chi connectivity index (χ1n) is 45.2. The third kappa shape index (κ3) is 7.69. The molecule has 13 aliphatic rings. The molecule has 16 aromatic carbocycles. The van der Waals surface area contributed by atoms with Gasteiger partial charge in [-0.1, -0.05) is 250 Å². The van der Waals surface area contributed by atoms with Gasteiger partial charge in [0.1, 0.15) is 46.0 Å². The van der Waals surface area contributed by atoms with Gasteiger partial charge in [-0.3, -0.25) is 9.80 Å². The number of ether oxygens (including phenoxy) is 4. The molecule has 0 aromatic heterocycles. The van der Waals surface area contributed by atoms with Gasteiger partial charge in [0.05, 0.1) is 33.0 Å². The fraction of sp³-hybridized carbons (Fsp3) is 0.188. The lowest BCUT2D eigenvalue weighted by atomic mass is 9.23. The van der Waals surface area contributed by atoms with Gasteiger partial charge in [0.2, 0.25) is 13.4 Å². The van der Waals surface area contributed by atoms with Crippen molar-refractivity contribution in [2.75, 3.05) is 9.80 Å². The molecule has 0 saturated heterocycles. The Hall–Kier alpha value is -13.6. The lowest BCUT2D eigenvalue weighted by Crippen LogP contribution is -2.74. The Balaban J connectivity index is 0.875. The van der Waals surface area contributed by atoms with Crippen LogP contribution in [-0.2, 0) is 43.3 Å². The van der Waals surface area contributed by atoms with Crippen molar-refractivity contribution in [2.45, 2.75) is 140 Å². The Morgan fingerprint density at radius 3 is 0.857 bits per heavy atom. The molecular weight excluding hydrogens is 1530 g/mol. The number of amides is 2. The van der Waals surface area contributed by atoms with Crippen molar-refractivity contribution in [1.29, 1.82) is 0 Å². The van der Waals surface area contributed by atoms with E-state index in [0.29, 0.717) is 0 Å². The molecule has 9 heteroatoms. The average Bonchev–Trinajstić information content (AvgIpc) is 0.627. The van der Waals surface area contributed by atoms with E-state index >= 15 is 4.79 Å². The van der Waals surface area contributed by atoms with Crippen LogP contribution in [0.1, 0.15) is 214 Å². The van der Waals surface area contributed by atoms with Crippen LogP contribution in [0.5, 0.6) is 46.0 Å². The SMILES string of the molecule is Cc1cc(C(C)(C)C)cc(C)c1-c1cc2c3c(c1)C14c5ccccc5Oc5ccc(cc51)C(C)(C)c1cc4c4c(c1)C1(c5ccccc5Oc5ccccc51)c1cc5cc6c7c8c5c(c1B34)N2C(=O)N8c1cc(-c2c(C)cc(C(C)(C)C)cc2C)cc2c1B7c1c(cc3cc1C61c4ccccc4Oc4ccc(cc41)C3(C)C)C21c2ccccc2Oc2ccccc21. The molecule has 600 valence electrons. The van der Waals surface area contributed by atoms with E-state index < -0.39 is 45.9 Å². The number of fused-ring (bicyclic) bond motifs is 20. The van der Waals surface area contributed by atoms with Gasteiger partial charge in [0, 0.05) is 72.1 Å². The molecule has 7 nitrogen and oxygen atoms in total. The summed E-state index contributed by atoms with van der Waals surface area (Å²) in [7, 11) is 0. The lowest BCUT2D eigenvalue weighted by molar-refractivity contribution is 0.255. The molecule has 16 aromatic rings. The van der Waals surface area contributed by atoms with Crippen molar-refractivity contribution in [3.8, 4) is 68.2 Å². The van der Waals surface area contributed by atoms with E-state index in [0.717, 1.165) is 190 Å². The van der Waals surface area contributed by atoms with Crippen molar-refractivity contribution >= 4 is 85.8 Å². The first kappa shape index (κ1) is 70.7. The number of nitrogens with zero attached hydrogens (tertiary/aromatic N) is 2. The highest BCUT2D eigenvalue weighted by atomic mass is 16.5. The number of anilines is 4. The third-order valence-electron chi connectivity index (χ3n) is 33.1. The molecule has 2 aliphatic carbocycles. The van der Waals surface area contributed by atoms with Crippen molar-refractivity contribution in [2.24, 2.45) is 0 Å². The van der Waals surface area contributed by atoms with Crippen LogP contribution in [0.25, 0.3) is 33.0 Å². The second kappa shape index (κ2) is 22.2. The summed E-state index contributed by atoms with van der Waals surface area (Å²) in [6.07, 6.45) is 0. The van der Waals surface area contributed by atoms with Gasteiger partial charge in [-0.15, -0.1) is 0 Å². The van der Waals surface area contributed by atoms with E-state index in [1.54, 1.807) is 0 Å². The topological polar surface area (TPSA) is 60.5 Å². The minimum atomic E-state index is -1.09. The molecule has 0 radical (unpaired) electrons. The number of hydrogen-bond donors (Lipinski definition) is 0. The quantitative estimate of drug-likeness (QED) is 0.161. The van der Waals surface area contributed by atoms with Crippen LogP contribution in [0.15, 0.2) is 267 Å². The highest BCUT2D eigenvalue weighted by molar-refractivity contribution is 7.02. The zero-order chi connectivity index (χ0) is 84.7. The Labute approximate surface area is 734 Å². The Bertz CT molecular complexity index is 7890. The first-order chi connectivity index (χ1) is 60.8. The molecule has 29 rings (SSSR count). The molecule has 2 atom stereocenters. The van der Waals surface area contributed by atoms with Crippen LogP contribution in [0.2, 0.25) is 0 Å². The molecule has 0 N–H and O–H groups in total. The van der Waals surface area contributed by atoms with Crippen molar-refractivity contribution in [3.63, 3.8) is 0 Å². The second-order valence-corrected chi connectivity index (χ2v) is 41.7. The van der Waals surface area contributed by atoms with Gasteiger partial charge in [-0.05, 0) is 285 Å². The molecule has 2 unspecified atom stereocenters. The average molecular weight is 1620 g/mol. The summed E-state index contributed by atoms with van der Waals surface area (Å²) >= 11 is 0. The zero-order valence-corrected chi connectivity index (χ0v) is 73.0. The third-order valence-corrected chi connectivity index (χ3v) is 33.1. The van der Waals surface area contributed by atoms with Crippen LogP contribution >= 0.6 is 0 Å². The number of hydrogen-bond acceptors (Lipinski definition) is 5. The van der Waals surface area contributed by atoms with Crippen LogP contribution in [0, 0.1) is 27.7 Å². The van der Waals surface area contributed by atoms with Gasteiger partial charge < -0.3 is 18.9 Å². The first-order valence-corrected chi connectivity index (χ1v) is 45.2. The fourth-order valence-corrected chi connectivity index (χ4v) is 27.7. The lowest BCUT2D eigenvalue weighted by Gasteiger charge is -2.59. The minimum Gasteiger partial charge on any atom is -0.457 e. The van der Waals surface area contributed by atoms with E-state index in [1.165, 1.54) is 88.8 Å². The van der Waals surface area contributed by atoms with Crippen molar-refractivity contribution in [3.05, 3.63) is 412 Å². The highest BCUT2D eigenvalue weighted by Gasteiger charge is 2.68. The highest BCUT2D eigenvalue weighted by Crippen LogP contribution is 2.70. The predicted octanol–water partition coefficient (Wildman–Crippen LogP) is 23.6. The molecule has 126 heavy (non-hydrogen) atoms. The van der Waals surface area contributed by atoms with Crippen LogP contribution in [-0.4, -0.2) is 19.5 Å². The molecule has 0 saturated carbocycles. The number of rotatable bonds is 2. The number of aryl methyl sites for hydroxylation is 4. The molecule has 8 bridgehead atoms. The minimum absolute atomic E-state index is 0.129. The van der Waals surface area contributed by atoms with Gasteiger partial charge in [-0.2, -0.15) is 0 Å². The zero-order valence-electron chi connectivity index (χ0n) is 73.0. The number of carbonyl (C=O) groups is 1. The summed E-state index contributed by atoms with van der Waals surface area (Å²) in [4.78, 5) is 24.7. The normalized spacial score (nSPS) is 19.1. The summed E-state index contributed by atoms with van der Waals surface area (Å²) in [5.41, 5.74) is 39.8. The van der Waals surface area contributed by atoms with Crippen LogP contribution < -0.4 is 61.5 Å². The monoisotopic (exact) mass is 1620 g/mol. The summed E-state index contributed by atoms with van der Waals surface area (Å²) in [6.45, 7) is 32.1. The summed E-state index contributed by atoms with van der Waals surface area (Å²) < 4.78 is 30.0. The van der Waals surface area contributed by atoms with Gasteiger partial charge in [-0.25, -0.2) is 4.79 Å². The maximum atomic E-state index is 20.0. The van der Waals surface area contributed by atoms with Gasteiger partial charge >= 0.3 is 6.03 Å². The molecule has 11 aliphatic heterocycles. The van der Waals surface area contributed by atoms with E-state index in [2.05, 4.69) is 374 Å². The maximum absolute atomic E-state index is 20.0. The van der Waals surface area contributed by atoms with Crippen molar-refractivity contribution < 1.29 is 23.7 Å². The standard InChI is InChI=1S/C117H86B2N2O5/c1-59-43-68(110(5,6)7)44-60(2)98(59)64-49-80-103-88(51-64)120-108-100-63(48-83-106(108)118(103)101-84(114(80)72-27-15-21-33-90(72)123-91-34-22-16-28-73(91)114)55-70-58-87(101)117(83)77-32-20-26-38-95(77)126-97-42-40-67(54-79(97)117)113(70,13)14)47-82-105-107(100)121(109(120)122)89-52-65(99-61(3)45-69(46-62(99)4)111(8,9)10)50-81-104(89)119(105)102-85(115(82)74-29-17-23-35-92(74)124-93-36-24-18-30-75(93)115)56-71-57-86(102)116(81)76-31-19-25-37-94(76)125-96-41-39-66(53-78(96)116)112(71,11)12/h15-58H,1-14H3. The summed E-state index contributed by atoms with van der Waals surface area (Å²) in [6, 6.07) is 104. The Morgan fingerprint density at radius 1 is 0.278 bits per heavy atom. The molecule has 4 spiro atoms. The smallest absolute Gasteiger partial charge is 0.338 e. The van der Waals surface area contributed by atoms with Crippen LogP contribution in [0.3, 0.4) is 0 Å². The number of para-hydroxylation sites is 6. The van der Waals surface area contributed by atoms with Gasteiger partial charge in [0.15, 0.2) is 0 Å². The molecule has 11 heterocycles. The van der Waals surface area contributed by atoms with Crippen LogP contribution in [0.4, 0.5) is 27.5 Å². The summed E-state index contributed by atoms with van der Waals surface area (Å²) in [5.74, 6) is 6.48. The second-order valence-electron chi connectivity index (χ2n) is 41.7. The number of benzene rings is 16. The Morgan fingerprint density at radius 2 is 0.548 bits per heavy atom. The van der Waals surface area contributed by atoms with E-state index in [9.17, 15) is 0 Å². The molecule has 0 fully saturated rings. The van der Waals surface area contributed by atoms with E-state index in [-0.39, 0.29) is 16.9 Å². The maximum Gasteiger partial charge on any atom is 0.338 e. The fourth-order valence-electron chi connectivity index (χ4n) is 27.7. The molecular formula is C117H86B2N2O5. The largest absolute Gasteiger partial charge is 0.457 e. The van der Waals surface area contributed by atoms with E-state index in [4.69, 9.17) is 18.9 Å². The summed E-state index contributed by atoms with van der Waals surface area (Å²) in [5, 5.41) is 2.12. The number of carbonyl (C=O) groups excluding carboxylic acids is 1. The van der Waals surface area contributed by atoms with Gasteiger partial charge in [0.25, 0.3) is 0 Å². The van der Waals surface area contributed by atoms with Crippen molar-refractivity contribution in [1.82, 2.24) is 0 Å². The number of urea groups is 1. The predicted molar refractivity (Wildman–Crippen MR) is 508 cm³/mol. The Kier molecular flexibility index (Phi) is 12.5. The van der Waals surface area contributed by atoms with E-state index in [1.807, 2.05) is 0 Å².